The molecule has 0 fully saturated rings. The van der Waals surface area contributed by atoms with Crippen LogP contribution in [0.1, 0.15) is 30.1 Å². The van der Waals surface area contributed by atoms with E-state index in [4.69, 9.17) is 0 Å². The van der Waals surface area contributed by atoms with Crippen LogP contribution in [0, 0.1) is 0 Å². The molecular formula is C19H27F2IN4OS. The van der Waals surface area contributed by atoms with Crippen LogP contribution in [0.2, 0.25) is 0 Å². The van der Waals surface area contributed by atoms with E-state index in [2.05, 4.69) is 32.3 Å². The number of rotatable bonds is 9. The fourth-order valence-electron chi connectivity index (χ4n) is 2.50. The minimum atomic E-state index is -2.81. The van der Waals surface area contributed by atoms with Crippen LogP contribution < -0.4 is 10.1 Å². The Labute approximate surface area is 186 Å². The zero-order valence-electron chi connectivity index (χ0n) is 16.3. The number of aliphatic imine (C=N–C) groups is 1. The molecule has 0 aliphatic carbocycles. The van der Waals surface area contributed by atoms with Crippen molar-refractivity contribution in [3.8, 4) is 5.75 Å². The van der Waals surface area contributed by atoms with Gasteiger partial charge in [-0.05, 0) is 31.0 Å². The SMILES string of the molecule is CCNC(=NCCc1csc(CC)n1)N(C)Cc1ccc(OC(F)F)cc1.I. The molecule has 5 nitrogen and oxygen atoms in total. The van der Waals surface area contributed by atoms with Crippen molar-refractivity contribution in [3.05, 3.63) is 45.9 Å². The maximum absolute atomic E-state index is 12.2. The summed E-state index contributed by atoms with van der Waals surface area (Å²) in [5.74, 6) is 0.961. The Kier molecular flexibility index (Phi) is 11.3. The van der Waals surface area contributed by atoms with Crippen LogP contribution in [0.15, 0.2) is 34.6 Å². The van der Waals surface area contributed by atoms with Crippen LogP contribution in [0.3, 0.4) is 0 Å². The quantitative estimate of drug-likeness (QED) is 0.297. The fraction of sp³-hybridized carbons (Fsp3) is 0.474. The largest absolute Gasteiger partial charge is 0.435 e. The van der Waals surface area contributed by atoms with Gasteiger partial charge < -0.3 is 15.0 Å². The number of alkyl halides is 2. The van der Waals surface area contributed by atoms with Gasteiger partial charge in [-0.15, -0.1) is 35.3 Å². The topological polar surface area (TPSA) is 49.8 Å². The summed E-state index contributed by atoms with van der Waals surface area (Å²) in [6.07, 6.45) is 1.76. The summed E-state index contributed by atoms with van der Waals surface area (Å²) in [7, 11) is 1.95. The molecule has 1 aromatic carbocycles. The van der Waals surface area contributed by atoms with Crippen molar-refractivity contribution in [2.75, 3.05) is 20.1 Å². The standard InChI is InChI=1S/C19H26F2N4OS.HI/c1-4-17-24-15(13-27-17)10-11-23-19(22-5-2)25(3)12-14-6-8-16(9-7-14)26-18(20)21;/h6-9,13,18H,4-5,10-12H2,1-3H3,(H,22,23);1H. The molecule has 156 valence electrons. The third kappa shape index (κ3) is 8.26. The predicted octanol–water partition coefficient (Wildman–Crippen LogP) is 4.56. The van der Waals surface area contributed by atoms with E-state index in [9.17, 15) is 8.78 Å². The van der Waals surface area contributed by atoms with Gasteiger partial charge >= 0.3 is 6.61 Å². The van der Waals surface area contributed by atoms with Crippen molar-refractivity contribution in [3.63, 3.8) is 0 Å². The monoisotopic (exact) mass is 524 g/mol. The van der Waals surface area contributed by atoms with Gasteiger partial charge in [0.05, 0.1) is 10.7 Å². The van der Waals surface area contributed by atoms with Gasteiger partial charge in [-0.25, -0.2) is 4.98 Å². The highest BCUT2D eigenvalue weighted by atomic mass is 127. The molecule has 0 saturated carbocycles. The van der Waals surface area contributed by atoms with Crippen molar-refractivity contribution >= 4 is 41.3 Å². The number of hydrogen-bond acceptors (Lipinski definition) is 4. The van der Waals surface area contributed by atoms with Crippen molar-refractivity contribution in [1.29, 1.82) is 0 Å². The molecule has 2 rings (SSSR count). The highest BCUT2D eigenvalue weighted by Gasteiger charge is 2.08. The molecule has 0 aliphatic rings. The molecule has 0 radical (unpaired) electrons. The van der Waals surface area contributed by atoms with E-state index in [0.29, 0.717) is 13.1 Å². The third-order valence-corrected chi connectivity index (χ3v) is 4.84. The van der Waals surface area contributed by atoms with Gasteiger partial charge in [-0.3, -0.25) is 4.99 Å². The van der Waals surface area contributed by atoms with E-state index in [0.717, 1.165) is 41.6 Å². The molecule has 0 spiro atoms. The lowest BCUT2D eigenvalue weighted by Gasteiger charge is -2.22. The fourth-order valence-corrected chi connectivity index (χ4v) is 3.28. The maximum atomic E-state index is 12.2. The molecule has 0 aliphatic heterocycles. The lowest BCUT2D eigenvalue weighted by molar-refractivity contribution is -0.0498. The molecule has 1 heterocycles. The van der Waals surface area contributed by atoms with Crippen molar-refractivity contribution < 1.29 is 13.5 Å². The summed E-state index contributed by atoms with van der Waals surface area (Å²) in [6, 6.07) is 6.65. The van der Waals surface area contributed by atoms with Gasteiger partial charge in [0.25, 0.3) is 0 Å². The molecule has 0 bridgehead atoms. The Morgan fingerprint density at radius 3 is 2.57 bits per heavy atom. The number of aryl methyl sites for hydroxylation is 1. The van der Waals surface area contributed by atoms with Crippen LogP contribution >= 0.6 is 35.3 Å². The minimum Gasteiger partial charge on any atom is -0.435 e. The summed E-state index contributed by atoms with van der Waals surface area (Å²) in [4.78, 5) is 11.2. The van der Waals surface area contributed by atoms with E-state index in [-0.39, 0.29) is 29.7 Å². The summed E-state index contributed by atoms with van der Waals surface area (Å²) in [5, 5.41) is 6.52. The Hall–Kier alpha value is -1.49. The molecule has 1 N–H and O–H groups in total. The maximum Gasteiger partial charge on any atom is 0.387 e. The third-order valence-electron chi connectivity index (χ3n) is 3.80. The number of benzene rings is 1. The molecule has 9 heteroatoms. The van der Waals surface area contributed by atoms with Crippen molar-refractivity contribution in [2.24, 2.45) is 4.99 Å². The molecule has 0 saturated heterocycles. The highest BCUT2D eigenvalue weighted by molar-refractivity contribution is 14.0. The predicted molar refractivity (Wildman–Crippen MR) is 121 cm³/mol. The molecule has 0 unspecified atom stereocenters. The number of ether oxygens (including phenoxy) is 1. The van der Waals surface area contributed by atoms with Gasteiger partial charge in [0.1, 0.15) is 5.75 Å². The van der Waals surface area contributed by atoms with Crippen LogP contribution in [0.4, 0.5) is 8.78 Å². The Bertz CT molecular complexity index is 725. The van der Waals surface area contributed by atoms with E-state index in [1.807, 2.05) is 18.9 Å². The normalized spacial score (nSPS) is 11.3. The molecular weight excluding hydrogens is 497 g/mol. The second kappa shape index (κ2) is 12.9. The van der Waals surface area contributed by atoms with Gasteiger partial charge in [0, 0.05) is 38.5 Å². The molecule has 0 amide bonds. The Morgan fingerprint density at radius 2 is 2.00 bits per heavy atom. The first-order valence-corrected chi connectivity index (χ1v) is 9.86. The second-order valence-electron chi connectivity index (χ2n) is 5.95. The first-order chi connectivity index (χ1) is 13.0. The van der Waals surface area contributed by atoms with E-state index >= 15 is 0 Å². The average Bonchev–Trinajstić information content (AvgIpc) is 3.10. The van der Waals surface area contributed by atoms with Gasteiger partial charge in [-0.2, -0.15) is 8.78 Å². The number of halogens is 3. The summed E-state index contributed by atoms with van der Waals surface area (Å²) in [5.41, 5.74) is 2.06. The molecule has 2 aromatic rings. The smallest absolute Gasteiger partial charge is 0.387 e. The van der Waals surface area contributed by atoms with E-state index in [1.54, 1.807) is 35.6 Å². The van der Waals surface area contributed by atoms with Crippen LogP contribution in [-0.4, -0.2) is 42.6 Å². The molecule has 0 atom stereocenters. The van der Waals surface area contributed by atoms with Crippen LogP contribution in [-0.2, 0) is 19.4 Å². The van der Waals surface area contributed by atoms with Crippen molar-refractivity contribution in [2.45, 2.75) is 39.8 Å². The Morgan fingerprint density at radius 1 is 1.29 bits per heavy atom. The van der Waals surface area contributed by atoms with Gasteiger partial charge in [0.15, 0.2) is 5.96 Å². The first kappa shape index (κ1) is 24.5. The Balaban J connectivity index is 0.00000392. The zero-order valence-corrected chi connectivity index (χ0v) is 19.5. The number of guanidine groups is 1. The average molecular weight is 524 g/mol. The molecule has 28 heavy (non-hydrogen) atoms. The van der Waals surface area contributed by atoms with Crippen molar-refractivity contribution in [1.82, 2.24) is 15.2 Å². The summed E-state index contributed by atoms with van der Waals surface area (Å²) in [6.45, 7) is 3.34. The lowest BCUT2D eigenvalue weighted by atomic mass is 10.2. The number of thiazole rings is 1. The minimum absolute atomic E-state index is 0. The lowest BCUT2D eigenvalue weighted by Crippen LogP contribution is -2.38. The van der Waals surface area contributed by atoms with Gasteiger partial charge in [0.2, 0.25) is 0 Å². The zero-order chi connectivity index (χ0) is 19.6. The highest BCUT2D eigenvalue weighted by Crippen LogP contribution is 2.16. The number of nitrogens with one attached hydrogen (secondary N) is 1. The first-order valence-electron chi connectivity index (χ1n) is 8.98. The van der Waals surface area contributed by atoms with E-state index in [1.165, 1.54) is 0 Å². The summed E-state index contributed by atoms with van der Waals surface area (Å²) < 4.78 is 28.8. The number of aromatic nitrogens is 1. The van der Waals surface area contributed by atoms with Crippen LogP contribution in [0.5, 0.6) is 5.75 Å². The number of hydrogen-bond donors (Lipinski definition) is 1. The van der Waals surface area contributed by atoms with E-state index < -0.39 is 6.61 Å². The number of nitrogens with zero attached hydrogens (tertiary/aromatic N) is 3. The van der Waals surface area contributed by atoms with Crippen LogP contribution in [0.25, 0.3) is 0 Å². The molecule has 1 aromatic heterocycles. The second-order valence-corrected chi connectivity index (χ2v) is 6.89. The van der Waals surface area contributed by atoms with Gasteiger partial charge in [-0.1, -0.05) is 19.1 Å². The summed E-state index contributed by atoms with van der Waals surface area (Å²) >= 11 is 1.69.